The summed E-state index contributed by atoms with van der Waals surface area (Å²) in [6, 6.07) is 8.49. The number of carbonyl (C=O) groups excluding carboxylic acids is 1. The highest BCUT2D eigenvalue weighted by molar-refractivity contribution is 6.00. The number of carbonyl (C=O) groups is 1. The van der Waals surface area contributed by atoms with Gasteiger partial charge in [-0.3, -0.25) is 23.3 Å². The third kappa shape index (κ3) is 3.48. The predicted molar refractivity (Wildman–Crippen MR) is 120 cm³/mol. The van der Waals surface area contributed by atoms with Crippen LogP contribution in [0.25, 0.3) is 11.2 Å². The van der Waals surface area contributed by atoms with Crippen LogP contribution in [0.5, 0.6) is 0 Å². The molecule has 1 aliphatic heterocycles. The molecule has 3 aromatic rings. The maximum absolute atomic E-state index is 13.5. The van der Waals surface area contributed by atoms with Gasteiger partial charge in [-0.15, -0.1) is 0 Å². The number of nitrogens with zero attached hydrogens (tertiary/aromatic N) is 6. The molecule has 1 aromatic carbocycles. The Morgan fingerprint density at radius 2 is 1.65 bits per heavy atom. The number of piperazine rings is 1. The Kier molecular flexibility index (Phi) is 5.53. The van der Waals surface area contributed by atoms with Crippen molar-refractivity contribution in [3.63, 3.8) is 0 Å². The van der Waals surface area contributed by atoms with Crippen LogP contribution in [0.2, 0.25) is 0 Å². The molecule has 1 atom stereocenters. The number of likely N-dealkylation sites (N-methyl/N-ethyl adjacent to an activating group) is 1. The maximum Gasteiger partial charge on any atom is 0.332 e. The molecule has 0 saturated carbocycles. The number of benzene rings is 1. The number of hydrogen-bond acceptors (Lipinski definition) is 6. The van der Waals surface area contributed by atoms with E-state index in [1.165, 1.54) is 11.6 Å². The zero-order valence-electron chi connectivity index (χ0n) is 18.4. The van der Waals surface area contributed by atoms with Gasteiger partial charge in [0.05, 0.1) is 0 Å². The average molecular weight is 425 g/mol. The molecular formula is C22H28N6O3. The summed E-state index contributed by atoms with van der Waals surface area (Å²) < 4.78 is 4.22. The Labute approximate surface area is 180 Å². The molecule has 9 nitrogen and oxygen atoms in total. The van der Waals surface area contributed by atoms with Crippen LogP contribution in [-0.4, -0.2) is 62.6 Å². The molecule has 1 unspecified atom stereocenters. The molecule has 1 aliphatic rings. The molecule has 3 heterocycles. The third-order valence-corrected chi connectivity index (χ3v) is 6.12. The van der Waals surface area contributed by atoms with E-state index in [9.17, 15) is 14.4 Å². The number of aromatic nitrogens is 4. The summed E-state index contributed by atoms with van der Waals surface area (Å²) in [7, 11) is 5.12. The first kappa shape index (κ1) is 21.0. The van der Waals surface area contributed by atoms with E-state index in [0.717, 1.165) is 30.7 Å². The Morgan fingerprint density at radius 3 is 2.26 bits per heavy atom. The van der Waals surface area contributed by atoms with Crippen molar-refractivity contribution in [3.8, 4) is 0 Å². The second kappa shape index (κ2) is 8.14. The minimum absolute atomic E-state index is 0.0753. The maximum atomic E-state index is 13.5. The number of Topliss-reactive ketones (excluding diaryl/α,β-unsaturated/α-hetero) is 1. The summed E-state index contributed by atoms with van der Waals surface area (Å²) in [5, 5.41) is 0. The fourth-order valence-electron chi connectivity index (χ4n) is 4.21. The number of fused-ring (bicyclic) bond motifs is 1. The molecule has 2 aromatic heterocycles. The van der Waals surface area contributed by atoms with Crippen molar-refractivity contribution in [3.05, 3.63) is 56.7 Å². The largest absolute Gasteiger partial charge is 0.340 e. The van der Waals surface area contributed by atoms with Gasteiger partial charge >= 0.3 is 5.69 Å². The first-order valence-corrected chi connectivity index (χ1v) is 10.6. The van der Waals surface area contributed by atoms with Crippen LogP contribution < -0.4 is 16.1 Å². The Bertz CT molecular complexity index is 1230. The second-order valence-electron chi connectivity index (χ2n) is 8.10. The number of imidazole rings is 1. The van der Waals surface area contributed by atoms with Gasteiger partial charge in [-0.25, -0.2) is 4.79 Å². The molecular weight excluding hydrogens is 396 g/mol. The van der Waals surface area contributed by atoms with Crippen LogP contribution in [0, 0.1) is 0 Å². The highest BCUT2D eigenvalue weighted by Crippen LogP contribution is 2.29. The van der Waals surface area contributed by atoms with Gasteiger partial charge in [-0.2, -0.15) is 4.98 Å². The summed E-state index contributed by atoms with van der Waals surface area (Å²) in [5.41, 5.74) is 0.304. The molecule has 0 spiro atoms. The van der Waals surface area contributed by atoms with Crippen LogP contribution in [-0.2, 0) is 14.1 Å². The second-order valence-corrected chi connectivity index (χ2v) is 8.10. The van der Waals surface area contributed by atoms with Crippen molar-refractivity contribution in [2.45, 2.75) is 19.4 Å². The third-order valence-electron chi connectivity index (χ3n) is 6.12. The lowest BCUT2D eigenvalue weighted by atomic mass is 10.0. The van der Waals surface area contributed by atoms with Gasteiger partial charge in [0.1, 0.15) is 6.04 Å². The van der Waals surface area contributed by atoms with E-state index >= 15 is 0 Å². The Morgan fingerprint density at radius 1 is 1.00 bits per heavy atom. The van der Waals surface area contributed by atoms with E-state index in [2.05, 4.69) is 16.8 Å². The number of ketones is 1. The molecule has 1 fully saturated rings. The number of hydrogen-bond donors (Lipinski definition) is 0. The van der Waals surface area contributed by atoms with Crippen LogP contribution >= 0.6 is 0 Å². The molecule has 0 radical (unpaired) electrons. The van der Waals surface area contributed by atoms with Crippen molar-refractivity contribution in [1.82, 2.24) is 23.6 Å². The predicted octanol–water partition coefficient (Wildman–Crippen LogP) is 1.02. The lowest BCUT2D eigenvalue weighted by Gasteiger charge is -2.34. The topological polar surface area (TPSA) is 85.4 Å². The smallest absolute Gasteiger partial charge is 0.332 e. The minimum Gasteiger partial charge on any atom is -0.340 e. The average Bonchev–Trinajstić information content (AvgIpc) is 3.18. The van der Waals surface area contributed by atoms with Crippen LogP contribution in [0.3, 0.4) is 0 Å². The van der Waals surface area contributed by atoms with E-state index in [4.69, 9.17) is 4.98 Å². The number of aryl methyl sites for hydroxylation is 1. The zero-order valence-corrected chi connectivity index (χ0v) is 18.4. The molecule has 4 rings (SSSR count). The van der Waals surface area contributed by atoms with Gasteiger partial charge < -0.3 is 9.80 Å². The highest BCUT2D eigenvalue weighted by atomic mass is 16.2. The summed E-state index contributed by atoms with van der Waals surface area (Å²) in [5.74, 6) is 0.492. The SMILES string of the molecule is CCC(C(=O)c1ccccc1)n1c(N2CCN(C)CC2)nc2c1c(=O)n(C)c(=O)n2C. The summed E-state index contributed by atoms with van der Waals surface area (Å²) in [4.78, 5) is 48.3. The molecule has 0 aliphatic carbocycles. The standard InChI is InChI=1S/C22H28N6O3/c1-5-16(18(29)15-9-7-6-8-10-15)28-17-19(25(3)22(31)26(4)20(17)30)23-21(28)27-13-11-24(2)12-14-27/h6-10,16H,5,11-14H2,1-4H3. The molecule has 164 valence electrons. The van der Waals surface area contributed by atoms with Crippen molar-refractivity contribution < 1.29 is 4.79 Å². The van der Waals surface area contributed by atoms with Gasteiger partial charge in [0.15, 0.2) is 16.9 Å². The molecule has 9 heteroatoms. The molecule has 0 N–H and O–H groups in total. The van der Waals surface area contributed by atoms with E-state index < -0.39 is 17.3 Å². The van der Waals surface area contributed by atoms with Gasteiger partial charge in [-0.1, -0.05) is 37.3 Å². The lowest BCUT2D eigenvalue weighted by Crippen LogP contribution is -2.46. The Hall–Kier alpha value is -3.20. The van der Waals surface area contributed by atoms with Crippen molar-refractivity contribution >= 4 is 22.9 Å². The summed E-state index contributed by atoms with van der Waals surface area (Å²) >= 11 is 0. The summed E-state index contributed by atoms with van der Waals surface area (Å²) in [6.07, 6.45) is 0.492. The fraction of sp³-hybridized carbons (Fsp3) is 0.455. The minimum atomic E-state index is -0.604. The van der Waals surface area contributed by atoms with Gasteiger partial charge in [-0.05, 0) is 13.5 Å². The van der Waals surface area contributed by atoms with E-state index in [-0.39, 0.29) is 11.3 Å². The van der Waals surface area contributed by atoms with Crippen LogP contribution in [0.15, 0.2) is 39.9 Å². The molecule has 31 heavy (non-hydrogen) atoms. The fourth-order valence-corrected chi connectivity index (χ4v) is 4.21. The van der Waals surface area contributed by atoms with Gasteiger partial charge in [0.2, 0.25) is 5.95 Å². The monoisotopic (exact) mass is 424 g/mol. The van der Waals surface area contributed by atoms with E-state index in [1.54, 1.807) is 23.7 Å². The van der Waals surface area contributed by atoms with Crippen molar-refractivity contribution in [2.24, 2.45) is 14.1 Å². The number of anilines is 1. The van der Waals surface area contributed by atoms with Gasteiger partial charge in [0.25, 0.3) is 5.56 Å². The summed E-state index contributed by atoms with van der Waals surface area (Å²) in [6.45, 7) is 5.08. The van der Waals surface area contributed by atoms with Crippen molar-refractivity contribution in [1.29, 1.82) is 0 Å². The lowest BCUT2D eigenvalue weighted by molar-refractivity contribution is 0.0924. The van der Waals surface area contributed by atoms with Crippen LogP contribution in [0.4, 0.5) is 5.95 Å². The first-order valence-electron chi connectivity index (χ1n) is 10.6. The van der Waals surface area contributed by atoms with Crippen LogP contribution in [0.1, 0.15) is 29.7 Å². The van der Waals surface area contributed by atoms with E-state index in [0.29, 0.717) is 23.6 Å². The molecule has 1 saturated heterocycles. The molecule has 0 amide bonds. The van der Waals surface area contributed by atoms with Gasteiger partial charge in [0, 0.05) is 45.8 Å². The quantitative estimate of drug-likeness (QED) is 0.569. The highest BCUT2D eigenvalue weighted by Gasteiger charge is 2.31. The first-order chi connectivity index (χ1) is 14.8. The zero-order chi connectivity index (χ0) is 22.3. The molecule has 0 bridgehead atoms. The van der Waals surface area contributed by atoms with E-state index in [1.807, 2.05) is 25.1 Å². The van der Waals surface area contributed by atoms with Crippen molar-refractivity contribution in [2.75, 3.05) is 38.1 Å². The normalized spacial score (nSPS) is 16.1. The Balaban J connectivity index is 1.99. The number of rotatable bonds is 5.